The zero-order valence-corrected chi connectivity index (χ0v) is 16.8. The highest BCUT2D eigenvalue weighted by Crippen LogP contribution is 2.38. The largest absolute Gasteiger partial charge is 0.493 e. The van der Waals surface area contributed by atoms with Crippen LogP contribution in [0.15, 0.2) is 48.7 Å². The molecule has 1 saturated heterocycles. The average molecular weight is 394 g/mol. The van der Waals surface area contributed by atoms with Crippen LogP contribution < -0.4 is 9.47 Å². The Morgan fingerprint density at radius 2 is 1.86 bits per heavy atom. The standard InChI is InChI=1S/C23H26N2O4/c1-27-21-8-7-16(13-22(21)28-2)18(14-23(26)25-9-11-29-12-10-25)19-15-24-20-6-4-3-5-17(19)20/h3-8,13,15,18,24H,9-12,14H2,1-2H3/t18-/m1/s1. The summed E-state index contributed by atoms with van der Waals surface area (Å²) in [6.45, 7) is 2.48. The van der Waals surface area contributed by atoms with E-state index in [9.17, 15) is 4.79 Å². The van der Waals surface area contributed by atoms with Crippen LogP contribution >= 0.6 is 0 Å². The molecule has 4 rings (SSSR count). The van der Waals surface area contributed by atoms with Crippen LogP contribution in [0.4, 0.5) is 0 Å². The number of rotatable bonds is 6. The van der Waals surface area contributed by atoms with Crippen molar-refractivity contribution in [1.29, 1.82) is 0 Å². The number of methoxy groups -OCH3 is 2. The number of para-hydroxylation sites is 1. The highest BCUT2D eigenvalue weighted by atomic mass is 16.5. The van der Waals surface area contributed by atoms with Crippen LogP contribution in [0.25, 0.3) is 10.9 Å². The summed E-state index contributed by atoms with van der Waals surface area (Å²) in [6.07, 6.45) is 2.40. The lowest BCUT2D eigenvalue weighted by Gasteiger charge is -2.29. The molecule has 0 radical (unpaired) electrons. The van der Waals surface area contributed by atoms with Crippen molar-refractivity contribution < 1.29 is 19.0 Å². The highest BCUT2D eigenvalue weighted by molar-refractivity contribution is 5.86. The van der Waals surface area contributed by atoms with Gasteiger partial charge in [-0.25, -0.2) is 0 Å². The molecule has 1 N–H and O–H groups in total. The number of H-pyrrole nitrogens is 1. The van der Waals surface area contributed by atoms with Gasteiger partial charge in [-0.05, 0) is 29.3 Å². The molecule has 1 fully saturated rings. The lowest BCUT2D eigenvalue weighted by atomic mass is 9.87. The van der Waals surface area contributed by atoms with Gasteiger partial charge in [-0.2, -0.15) is 0 Å². The van der Waals surface area contributed by atoms with E-state index >= 15 is 0 Å². The van der Waals surface area contributed by atoms with Crippen molar-refractivity contribution in [1.82, 2.24) is 9.88 Å². The van der Waals surface area contributed by atoms with E-state index in [1.54, 1.807) is 14.2 Å². The molecule has 6 heteroatoms. The molecule has 0 bridgehead atoms. The smallest absolute Gasteiger partial charge is 0.223 e. The fraction of sp³-hybridized carbons (Fsp3) is 0.348. The van der Waals surface area contributed by atoms with Crippen molar-refractivity contribution in [2.24, 2.45) is 0 Å². The van der Waals surface area contributed by atoms with E-state index in [-0.39, 0.29) is 11.8 Å². The van der Waals surface area contributed by atoms with Gasteiger partial charge in [0.1, 0.15) is 0 Å². The van der Waals surface area contributed by atoms with Crippen LogP contribution in [0.1, 0.15) is 23.5 Å². The van der Waals surface area contributed by atoms with Crippen molar-refractivity contribution in [2.45, 2.75) is 12.3 Å². The zero-order chi connectivity index (χ0) is 20.2. The molecule has 1 amide bonds. The Morgan fingerprint density at radius 3 is 2.62 bits per heavy atom. The number of nitrogens with one attached hydrogen (secondary N) is 1. The van der Waals surface area contributed by atoms with Crippen molar-refractivity contribution in [3.63, 3.8) is 0 Å². The molecule has 6 nitrogen and oxygen atoms in total. The van der Waals surface area contributed by atoms with Crippen LogP contribution in [0, 0.1) is 0 Å². The number of carbonyl (C=O) groups excluding carboxylic acids is 1. The summed E-state index contributed by atoms with van der Waals surface area (Å²) in [5, 5.41) is 1.13. The molecule has 2 heterocycles. The summed E-state index contributed by atoms with van der Waals surface area (Å²) in [5.74, 6) is 1.38. The monoisotopic (exact) mass is 394 g/mol. The summed E-state index contributed by atoms with van der Waals surface area (Å²) in [6, 6.07) is 14.1. The first kappa shape index (κ1) is 19.3. The minimum absolute atomic E-state index is 0.0960. The molecule has 3 aromatic rings. The fourth-order valence-electron chi connectivity index (χ4n) is 3.98. The number of carbonyl (C=O) groups is 1. The first-order valence-corrected chi connectivity index (χ1v) is 9.84. The van der Waals surface area contributed by atoms with Crippen molar-refractivity contribution >= 4 is 16.8 Å². The third-order valence-corrected chi connectivity index (χ3v) is 5.55. The van der Waals surface area contributed by atoms with E-state index in [4.69, 9.17) is 14.2 Å². The number of aromatic nitrogens is 1. The molecule has 29 heavy (non-hydrogen) atoms. The summed E-state index contributed by atoms with van der Waals surface area (Å²) in [7, 11) is 3.25. The number of aromatic amines is 1. The van der Waals surface area contributed by atoms with Gasteiger partial charge in [-0.1, -0.05) is 24.3 Å². The Bertz CT molecular complexity index is 991. The molecule has 0 unspecified atom stereocenters. The van der Waals surface area contributed by atoms with Crippen LogP contribution in [0.3, 0.4) is 0 Å². The van der Waals surface area contributed by atoms with Crippen LogP contribution in [-0.2, 0) is 9.53 Å². The van der Waals surface area contributed by atoms with Crippen LogP contribution in [-0.4, -0.2) is 56.3 Å². The Hall–Kier alpha value is -2.99. The second kappa shape index (κ2) is 8.57. The number of hydrogen-bond donors (Lipinski definition) is 1. The number of hydrogen-bond acceptors (Lipinski definition) is 4. The third-order valence-electron chi connectivity index (χ3n) is 5.55. The van der Waals surface area contributed by atoms with E-state index in [1.165, 1.54) is 0 Å². The maximum Gasteiger partial charge on any atom is 0.223 e. The summed E-state index contributed by atoms with van der Waals surface area (Å²) in [4.78, 5) is 18.3. The van der Waals surface area contributed by atoms with Gasteiger partial charge >= 0.3 is 0 Å². The van der Waals surface area contributed by atoms with E-state index in [1.807, 2.05) is 47.5 Å². The van der Waals surface area contributed by atoms with E-state index in [0.717, 1.165) is 22.0 Å². The van der Waals surface area contributed by atoms with Gasteiger partial charge in [0.2, 0.25) is 5.91 Å². The molecule has 152 valence electrons. The molecule has 0 saturated carbocycles. The number of amides is 1. The number of morpholine rings is 1. The molecular weight excluding hydrogens is 368 g/mol. The first-order chi connectivity index (χ1) is 14.2. The third kappa shape index (κ3) is 3.93. The van der Waals surface area contributed by atoms with Gasteiger partial charge in [0, 0.05) is 42.5 Å². The first-order valence-electron chi connectivity index (χ1n) is 9.84. The van der Waals surface area contributed by atoms with E-state index < -0.39 is 0 Å². The second-order valence-corrected chi connectivity index (χ2v) is 7.15. The highest BCUT2D eigenvalue weighted by Gasteiger charge is 2.26. The average Bonchev–Trinajstić information content (AvgIpc) is 3.21. The predicted octanol–water partition coefficient (Wildman–Crippen LogP) is 3.57. The van der Waals surface area contributed by atoms with E-state index in [0.29, 0.717) is 44.2 Å². The van der Waals surface area contributed by atoms with Gasteiger partial charge in [0.15, 0.2) is 11.5 Å². The molecular formula is C23H26N2O4. The van der Waals surface area contributed by atoms with Gasteiger partial charge in [0.25, 0.3) is 0 Å². The number of benzene rings is 2. The van der Waals surface area contributed by atoms with Crippen LogP contribution in [0.2, 0.25) is 0 Å². The predicted molar refractivity (Wildman–Crippen MR) is 112 cm³/mol. The fourth-order valence-corrected chi connectivity index (χ4v) is 3.98. The Kier molecular flexibility index (Phi) is 5.71. The number of fused-ring (bicyclic) bond motifs is 1. The van der Waals surface area contributed by atoms with Gasteiger partial charge < -0.3 is 24.1 Å². The Morgan fingerprint density at radius 1 is 1.10 bits per heavy atom. The normalized spacial score (nSPS) is 15.3. The Balaban J connectivity index is 1.73. The van der Waals surface area contributed by atoms with Crippen molar-refractivity contribution in [3.05, 3.63) is 59.8 Å². The molecule has 2 aromatic carbocycles. The van der Waals surface area contributed by atoms with Gasteiger partial charge in [0.05, 0.1) is 27.4 Å². The lowest BCUT2D eigenvalue weighted by Crippen LogP contribution is -2.41. The molecule has 1 aliphatic rings. The summed E-state index contributed by atoms with van der Waals surface area (Å²) >= 11 is 0. The molecule has 0 aliphatic carbocycles. The SMILES string of the molecule is COc1ccc([C@@H](CC(=O)N2CCOCC2)c2c[nH]c3ccccc23)cc1OC. The zero-order valence-electron chi connectivity index (χ0n) is 16.8. The molecule has 0 spiro atoms. The maximum absolute atomic E-state index is 13.1. The van der Waals surface area contributed by atoms with Gasteiger partial charge in [-0.15, -0.1) is 0 Å². The molecule has 1 atom stereocenters. The lowest BCUT2D eigenvalue weighted by molar-refractivity contribution is -0.135. The minimum atomic E-state index is -0.0960. The summed E-state index contributed by atoms with van der Waals surface area (Å²) in [5.41, 5.74) is 3.19. The Labute approximate surface area is 170 Å². The summed E-state index contributed by atoms with van der Waals surface area (Å²) < 4.78 is 16.3. The van der Waals surface area contributed by atoms with Crippen molar-refractivity contribution in [2.75, 3.05) is 40.5 Å². The second-order valence-electron chi connectivity index (χ2n) is 7.15. The topological polar surface area (TPSA) is 63.8 Å². The maximum atomic E-state index is 13.1. The van der Waals surface area contributed by atoms with Gasteiger partial charge in [-0.3, -0.25) is 4.79 Å². The van der Waals surface area contributed by atoms with Crippen molar-refractivity contribution in [3.8, 4) is 11.5 Å². The van der Waals surface area contributed by atoms with Crippen LogP contribution in [0.5, 0.6) is 11.5 Å². The number of ether oxygens (including phenoxy) is 3. The van der Waals surface area contributed by atoms with E-state index in [2.05, 4.69) is 11.1 Å². The molecule has 1 aliphatic heterocycles. The quantitative estimate of drug-likeness (QED) is 0.694. The number of nitrogens with zero attached hydrogens (tertiary/aromatic N) is 1. The minimum Gasteiger partial charge on any atom is -0.493 e. The molecule has 1 aromatic heterocycles.